The summed E-state index contributed by atoms with van der Waals surface area (Å²) in [7, 11) is 0. The topological polar surface area (TPSA) is 78.9 Å². The predicted octanol–water partition coefficient (Wildman–Crippen LogP) is 18.9. The lowest BCUT2D eigenvalue weighted by Crippen LogP contribution is -2.30. The third kappa shape index (κ3) is 51.1. The van der Waals surface area contributed by atoms with Crippen LogP contribution in [0.5, 0.6) is 0 Å². The molecule has 0 aromatic rings. The first-order valence-electron chi connectivity index (χ1n) is 28.7. The molecule has 0 spiro atoms. The highest BCUT2D eigenvalue weighted by Gasteiger charge is 2.19. The van der Waals surface area contributed by atoms with Crippen LogP contribution in [0.1, 0.15) is 323 Å². The molecule has 0 radical (unpaired) electrons. The highest BCUT2D eigenvalue weighted by molar-refractivity contribution is 5.71. The molecule has 0 aromatic carbocycles. The van der Waals surface area contributed by atoms with E-state index in [-0.39, 0.29) is 31.1 Å². The summed E-state index contributed by atoms with van der Waals surface area (Å²) >= 11 is 0. The van der Waals surface area contributed by atoms with E-state index in [1.165, 1.54) is 218 Å². The zero-order valence-corrected chi connectivity index (χ0v) is 43.3. The first-order chi connectivity index (χ1) is 31.5. The molecule has 6 heteroatoms. The van der Waals surface area contributed by atoms with Crippen molar-refractivity contribution in [2.75, 3.05) is 13.2 Å². The summed E-state index contributed by atoms with van der Waals surface area (Å²) in [6, 6.07) is 0. The number of hydrogen-bond acceptors (Lipinski definition) is 6. The Morgan fingerprint density at radius 1 is 0.297 bits per heavy atom. The number of rotatable bonds is 53. The van der Waals surface area contributed by atoms with Crippen LogP contribution in [0.2, 0.25) is 0 Å². The van der Waals surface area contributed by atoms with Gasteiger partial charge in [0, 0.05) is 19.3 Å². The number of allylic oxidation sites excluding steroid dienone is 2. The minimum absolute atomic E-state index is 0.0671. The van der Waals surface area contributed by atoms with Crippen molar-refractivity contribution < 1.29 is 28.6 Å². The zero-order valence-electron chi connectivity index (χ0n) is 43.3. The van der Waals surface area contributed by atoms with Crippen molar-refractivity contribution >= 4 is 17.9 Å². The molecule has 1 unspecified atom stereocenters. The van der Waals surface area contributed by atoms with Crippen molar-refractivity contribution in [3.63, 3.8) is 0 Å². The van der Waals surface area contributed by atoms with Gasteiger partial charge in [-0.3, -0.25) is 14.4 Å². The number of esters is 3. The molecule has 0 amide bonds. The summed E-state index contributed by atoms with van der Waals surface area (Å²) in [6.07, 6.45) is 60.6. The summed E-state index contributed by atoms with van der Waals surface area (Å²) in [5.74, 6) is -0.855. The van der Waals surface area contributed by atoms with E-state index >= 15 is 0 Å². The van der Waals surface area contributed by atoms with E-state index in [2.05, 4.69) is 32.9 Å². The molecular weight excluding hydrogens is 793 g/mol. The molecule has 0 bridgehead atoms. The largest absolute Gasteiger partial charge is 0.462 e. The van der Waals surface area contributed by atoms with Gasteiger partial charge in [-0.05, 0) is 44.9 Å². The molecule has 0 aliphatic rings. The quantitative estimate of drug-likeness (QED) is 0.0262. The normalized spacial score (nSPS) is 12.0. The number of unbranched alkanes of at least 4 members (excludes halogenated alkanes) is 40. The van der Waals surface area contributed by atoms with Gasteiger partial charge in [-0.1, -0.05) is 270 Å². The molecule has 1 atom stereocenters. The maximum Gasteiger partial charge on any atom is 0.306 e. The van der Waals surface area contributed by atoms with Crippen LogP contribution in [-0.2, 0) is 28.6 Å². The van der Waals surface area contributed by atoms with E-state index in [1.807, 2.05) is 0 Å². The fourth-order valence-electron chi connectivity index (χ4n) is 8.68. The number of ether oxygens (including phenoxy) is 3. The Hall–Kier alpha value is -1.85. The molecule has 0 rings (SSSR count). The van der Waals surface area contributed by atoms with Crippen molar-refractivity contribution in [1.82, 2.24) is 0 Å². The average Bonchev–Trinajstić information content (AvgIpc) is 3.29. The van der Waals surface area contributed by atoms with Gasteiger partial charge in [0.1, 0.15) is 13.2 Å². The molecule has 0 fully saturated rings. The Bertz CT molecular complexity index is 993. The van der Waals surface area contributed by atoms with Gasteiger partial charge in [0.2, 0.25) is 0 Å². The molecule has 64 heavy (non-hydrogen) atoms. The smallest absolute Gasteiger partial charge is 0.306 e. The van der Waals surface area contributed by atoms with Crippen LogP contribution in [0.3, 0.4) is 0 Å². The summed E-state index contributed by atoms with van der Waals surface area (Å²) in [6.45, 7) is 6.67. The number of carbonyl (C=O) groups excluding carboxylic acids is 3. The fraction of sp³-hybridized carbons (Fsp3) is 0.914. The third-order valence-corrected chi connectivity index (χ3v) is 13.0. The monoisotopic (exact) mass is 903 g/mol. The molecule has 0 saturated carbocycles. The minimum Gasteiger partial charge on any atom is -0.462 e. The van der Waals surface area contributed by atoms with Gasteiger partial charge in [0.25, 0.3) is 0 Å². The Balaban J connectivity index is 4.26. The lowest BCUT2D eigenvalue weighted by molar-refractivity contribution is -0.167. The first kappa shape index (κ1) is 62.1. The summed E-state index contributed by atoms with van der Waals surface area (Å²) in [4.78, 5) is 38.0. The standard InChI is InChI=1S/C58H110O6/c1-4-7-10-13-16-19-22-24-26-28-30-32-34-36-39-42-45-48-51-57(60)63-54-55(53-62-56(59)50-47-44-41-38-21-18-15-12-9-6-3)64-58(61)52-49-46-43-40-37-35-33-31-29-27-25-23-20-17-14-11-8-5-2/h30,32,55H,4-29,31,33-54H2,1-3H3/b32-30-. The second kappa shape index (κ2) is 53.8. The maximum absolute atomic E-state index is 12.8. The van der Waals surface area contributed by atoms with E-state index in [0.29, 0.717) is 19.3 Å². The molecule has 0 heterocycles. The number of hydrogen-bond donors (Lipinski definition) is 0. The fourth-order valence-corrected chi connectivity index (χ4v) is 8.68. The van der Waals surface area contributed by atoms with Crippen LogP contribution >= 0.6 is 0 Å². The van der Waals surface area contributed by atoms with E-state index < -0.39 is 6.10 Å². The van der Waals surface area contributed by atoms with Crippen LogP contribution in [-0.4, -0.2) is 37.2 Å². The zero-order chi connectivity index (χ0) is 46.5. The van der Waals surface area contributed by atoms with Gasteiger partial charge in [0.05, 0.1) is 0 Å². The Kier molecular flexibility index (Phi) is 52.2. The molecule has 0 aliphatic heterocycles. The molecule has 6 nitrogen and oxygen atoms in total. The van der Waals surface area contributed by atoms with Crippen LogP contribution < -0.4 is 0 Å². The average molecular weight is 904 g/mol. The van der Waals surface area contributed by atoms with E-state index in [1.54, 1.807) is 0 Å². The van der Waals surface area contributed by atoms with Crippen LogP contribution in [0, 0.1) is 0 Å². The second-order valence-electron chi connectivity index (χ2n) is 19.6. The lowest BCUT2D eigenvalue weighted by atomic mass is 10.0. The SMILES string of the molecule is CCCCCCCCCCC/C=C\CCCCCCCC(=O)OCC(COC(=O)CCCCCCCCCCCC)OC(=O)CCCCCCCCCCCCCCCCCCCC. The minimum atomic E-state index is -0.767. The highest BCUT2D eigenvalue weighted by Crippen LogP contribution is 2.17. The third-order valence-electron chi connectivity index (χ3n) is 13.0. The molecule has 0 aromatic heterocycles. The van der Waals surface area contributed by atoms with Gasteiger partial charge < -0.3 is 14.2 Å². The van der Waals surface area contributed by atoms with E-state index in [0.717, 1.165) is 64.2 Å². The molecular formula is C58H110O6. The van der Waals surface area contributed by atoms with E-state index in [4.69, 9.17) is 14.2 Å². The first-order valence-corrected chi connectivity index (χ1v) is 28.7. The van der Waals surface area contributed by atoms with Crippen molar-refractivity contribution in [1.29, 1.82) is 0 Å². The Morgan fingerprint density at radius 2 is 0.516 bits per heavy atom. The Morgan fingerprint density at radius 3 is 0.781 bits per heavy atom. The van der Waals surface area contributed by atoms with Crippen molar-refractivity contribution in [3.8, 4) is 0 Å². The predicted molar refractivity (Wildman–Crippen MR) is 275 cm³/mol. The summed E-state index contributed by atoms with van der Waals surface area (Å²) < 4.78 is 16.8. The second-order valence-corrected chi connectivity index (χ2v) is 19.6. The number of carbonyl (C=O) groups is 3. The van der Waals surface area contributed by atoms with Gasteiger partial charge in [-0.2, -0.15) is 0 Å². The van der Waals surface area contributed by atoms with Crippen LogP contribution in [0.25, 0.3) is 0 Å². The van der Waals surface area contributed by atoms with Crippen molar-refractivity contribution in [2.45, 2.75) is 329 Å². The van der Waals surface area contributed by atoms with Gasteiger partial charge in [-0.25, -0.2) is 0 Å². The van der Waals surface area contributed by atoms with Crippen LogP contribution in [0.15, 0.2) is 12.2 Å². The molecule has 0 saturated heterocycles. The molecule has 0 N–H and O–H groups in total. The van der Waals surface area contributed by atoms with Crippen molar-refractivity contribution in [3.05, 3.63) is 12.2 Å². The lowest BCUT2D eigenvalue weighted by Gasteiger charge is -2.18. The van der Waals surface area contributed by atoms with E-state index in [9.17, 15) is 14.4 Å². The molecule has 378 valence electrons. The van der Waals surface area contributed by atoms with Gasteiger partial charge >= 0.3 is 17.9 Å². The summed E-state index contributed by atoms with van der Waals surface area (Å²) in [5, 5.41) is 0. The highest BCUT2D eigenvalue weighted by atomic mass is 16.6. The summed E-state index contributed by atoms with van der Waals surface area (Å²) in [5.41, 5.74) is 0. The van der Waals surface area contributed by atoms with Crippen LogP contribution in [0.4, 0.5) is 0 Å². The Labute approximate surface area is 399 Å². The molecule has 0 aliphatic carbocycles. The van der Waals surface area contributed by atoms with Gasteiger partial charge in [-0.15, -0.1) is 0 Å². The van der Waals surface area contributed by atoms with Crippen molar-refractivity contribution in [2.24, 2.45) is 0 Å². The maximum atomic E-state index is 12.8. The van der Waals surface area contributed by atoms with Gasteiger partial charge in [0.15, 0.2) is 6.10 Å².